The van der Waals surface area contributed by atoms with E-state index in [0.29, 0.717) is 0 Å². The van der Waals surface area contributed by atoms with Crippen LogP contribution in [0.2, 0.25) is 0 Å². The van der Waals surface area contributed by atoms with Crippen molar-refractivity contribution >= 4 is 17.6 Å². The maximum atomic E-state index is 10.8. The Hall–Kier alpha value is -1.39. The highest BCUT2D eigenvalue weighted by molar-refractivity contribution is 5.79. The van der Waals surface area contributed by atoms with Crippen LogP contribution in [0.3, 0.4) is 0 Å². The third-order valence-electron chi connectivity index (χ3n) is 1.54. The van der Waals surface area contributed by atoms with Crippen molar-refractivity contribution in [2.75, 3.05) is 6.54 Å². The monoisotopic (exact) mass is 200 g/mol. The van der Waals surface area contributed by atoms with Gasteiger partial charge < -0.3 is 10.6 Å². The standard InChI is InChI=1S/C9H16N2O3/c1-6(12)4-9(11-8(3)14)5-10-7(2)13/h9H,4-5H2,1-3H3,(H,10,13)(H,11,14). The molecule has 0 aliphatic rings. The molecule has 0 aliphatic heterocycles. The summed E-state index contributed by atoms with van der Waals surface area (Å²) in [5.74, 6) is -0.403. The van der Waals surface area contributed by atoms with Crippen molar-refractivity contribution in [3.63, 3.8) is 0 Å². The van der Waals surface area contributed by atoms with Gasteiger partial charge in [-0.3, -0.25) is 14.4 Å². The Bertz CT molecular complexity index is 222. The zero-order chi connectivity index (χ0) is 11.1. The van der Waals surface area contributed by atoms with E-state index in [4.69, 9.17) is 0 Å². The SMILES string of the molecule is CC(=O)CC(CNC(C)=O)NC(C)=O. The molecule has 0 saturated heterocycles. The van der Waals surface area contributed by atoms with Crippen molar-refractivity contribution in [1.82, 2.24) is 10.6 Å². The first-order valence-corrected chi connectivity index (χ1v) is 4.42. The van der Waals surface area contributed by atoms with Gasteiger partial charge in [-0.15, -0.1) is 0 Å². The lowest BCUT2D eigenvalue weighted by atomic mass is 10.1. The Balaban J connectivity index is 4.03. The molecule has 80 valence electrons. The van der Waals surface area contributed by atoms with Crippen LogP contribution in [0.5, 0.6) is 0 Å². The molecular formula is C9H16N2O3. The molecule has 0 bridgehead atoms. The van der Waals surface area contributed by atoms with Crippen LogP contribution >= 0.6 is 0 Å². The maximum absolute atomic E-state index is 10.8. The summed E-state index contributed by atoms with van der Waals surface area (Å²) in [7, 11) is 0. The number of hydrogen-bond donors (Lipinski definition) is 2. The van der Waals surface area contributed by atoms with Crippen LogP contribution in [0.25, 0.3) is 0 Å². The molecule has 0 fully saturated rings. The molecular weight excluding hydrogens is 184 g/mol. The Morgan fingerprint density at radius 3 is 2.00 bits per heavy atom. The molecule has 0 aromatic rings. The van der Waals surface area contributed by atoms with Gasteiger partial charge in [-0.2, -0.15) is 0 Å². The summed E-state index contributed by atoms with van der Waals surface area (Å²) in [5.41, 5.74) is 0. The van der Waals surface area contributed by atoms with Crippen LogP contribution in [-0.4, -0.2) is 30.2 Å². The van der Waals surface area contributed by atoms with E-state index in [1.165, 1.54) is 20.8 Å². The van der Waals surface area contributed by atoms with Crippen LogP contribution in [0, 0.1) is 0 Å². The normalized spacial score (nSPS) is 11.6. The van der Waals surface area contributed by atoms with E-state index in [2.05, 4.69) is 10.6 Å². The molecule has 2 amide bonds. The first kappa shape index (κ1) is 12.6. The minimum Gasteiger partial charge on any atom is -0.354 e. The summed E-state index contributed by atoms with van der Waals surface area (Å²) in [5, 5.41) is 5.14. The minimum atomic E-state index is -0.311. The van der Waals surface area contributed by atoms with Gasteiger partial charge in [-0.25, -0.2) is 0 Å². The summed E-state index contributed by atoms with van der Waals surface area (Å²) < 4.78 is 0. The molecule has 0 spiro atoms. The summed E-state index contributed by atoms with van der Waals surface area (Å²) in [4.78, 5) is 32.2. The van der Waals surface area contributed by atoms with E-state index in [1.54, 1.807) is 0 Å². The van der Waals surface area contributed by atoms with Gasteiger partial charge in [0.05, 0.1) is 6.04 Å². The zero-order valence-corrected chi connectivity index (χ0v) is 8.72. The number of carbonyl (C=O) groups excluding carboxylic acids is 3. The van der Waals surface area contributed by atoms with Gasteiger partial charge in [0.2, 0.25) is 11.8 Å². The first-order valence-electron chi connectivity index (χ1n) is 4.42. The van der Waals surface area contributed by atoms with E-state index in [-0.39, 0.29) is 36.6 Å². The van der Waals surface area contributed by atoms with Crippen LogP contribution < -0.4 is 10.6 Å². The van der Waals surface area contributed by atoms with Crippen molar-refractivity contribution in [3.8, 4) is 0 Å². The fraction of sp³-hybridized carbons (Fsp3) is 0.667. The molecule has 14 heavy (non-hydrogen) atoms. The second kappa shape index (κ2) is 6.12. The number of hydrogen-bond acceptors (Lipinski definition) is 3. The van der Waals surface area contributed by atoms with Crippen LogP contribution in [0.4, 0.5) is 0 Å². The largest absolute Gasteiger partial charge is 0.354 e. The number of carbonyl (C=O) groups is 3. The number of Topliss-reactive ketones (excluding diaryl/α,β-unsaturated/α-hetero) is 1. The second-order valence-electron chi connectivity index (χ2n) is 3.24. The smallest absolute Gasteiger partial charge is 0.217 e. The molecule has 1 unspecified atom stereocenters. The van der Waals surface area contributed by atoms with Gasteiger partial charge in [0.1, 0.15) is 5.78 Å². The molecule has 0 rings (SSSR count). The van der Waals surface area contributed by atoms with Gasteiger partial charge in [-0.1, -0.05) is 0 Å². The fourth-order valence-electron chi connectivity index (χ4n) is 1.08. The summed E-state index contributed by atoms with van der Waals surface area (Å²) in [6, 6.07) is -0.311. The Kier molecular flexibility index (Phi) is 5.52. The summed E-state index contributed by atoms with van der Waals surface area (Å²) >= 11 is 0. The molecule has 0 radical (unpaired) electrons. The molecule has 0 aromatic heterocycles. The quantitative estimate of drug-likeness (QED) is 0.634. The molecule has 0 aliphatic carbocycles. The fourth-order valence-corrected chi connectivity index (χ4v) is 1.08. The topological polar surface area (TPSA) is 75.3 Å². The summed E-state index contributed by atoms with van der Waals surface area (Å²) in [6.07, 6.45) is 0.236. The van der Waals surface area contributed by atoms with Crippen molar-refractivity contribution in [2.45, 2.75) is 33.2 Å². The Labute approximate surface area is 83.2 Å². The number of ketones is 1. The van der Waals surface area contributed by atoms with E-state index in [1.807, 2.05) is 0 Å². The van der Waals surface area contributed by atoms with Gasteiger partial charge >= 0.3 is 0 Å². The van der Waals surface area contributed by atoms with Crippen LogP contribution in [-0.2, 0) is 14.4 Å². The Morgan fingerprint density at radius 1 is 1.07 bits per heavy atom. The van der Waals surface area contributed by atoms with E-state index < -0.39 is 0 Å². The van der Waals surface area contributed by atoms with Crippen molar-refractivity contribution < 1.29 is 14.4 Å². The van der Waals surface area contributed by atoms with E-state index >= 15 is 0 Å². The highest BCUT2D eigenvalue weighted by atomic mass is 16.2. The van der Waals surface area contributed by atoms with Gasteiger partial charge in [0, 0.05) is 26.8 Å². The van der Waals surface area contributed by atoms with E-state index in [0.717, 1.165) is 0 Å². The van der Waals surface area contributed by atoms with Gasteiger partial charge in [0.25, 0.3) is 0 Å². The first-order chi connectivity index (χ1) is 6.41. The second-order valence-corrected chi connectivity index (χ2v) is 3.24. The predicted molar refractivity (Wildman–Crippen MR) is 51.6 cm³/mol. The lowest BCUT2D eigenvalue weighted by Crippen LogP contribution is -2.43. The minimum absolute atomic E-state index is 0.0193. The molecule has 0 saturated carbocycles. The third-order valence-corrected chi connectivity index (χ3v) is 1.54. The average Bonchev–Trinajstić information content (AvgIpc) is 1.97. The predicted octanol–water partition coefficient (Wildman–Crippen LogP) is -0.394. The maximum Gasteiger partial charge on any atom is 0.217 e. The van der Waals surface area contributed by atoms with Crippen molar-refractivity contribution in [3.05, 3.63) is 0 Å². The summed E-state index contributed by atoms with van der Waals surface area (Å²) in [6.45, 7) is 4.50. The Morgan fingerprint density at radius 2 is 1.64 bits per heavy atom. The average molecular weight is 200 g/mol. The van der Waals surface area contributed by atoms with Gasteiger partial charge in [-0.05, 0) is 6.92 Å². The number of amides is 2. The molecule has 1 atom stereocenters. The lowest BCUT2D eigenvalue weighted by molar-refractivity contribution is -0.122. The number of rotatable bonds is 5. The molecule has 5 heteroatoms. The lowest BCUT2D eigenvalue weighted by Gasteiger charge is -2.16. The number of nitrogens with one attached hydrogen (secondary N) is 2. The molecule has 2 N–H and O–H groups in total. The van der Waals surface area contributed by atoms with Crippen LogP contribution in [0.15, 0.2) is 0 Å². The molecule has 0 aromatic carbocycles. The van der Waals surface area contributed by atoms with Gasteiger partial charge in [0.15, 0.2) is 0 Å². The van der Waals surface area contributed by atoms with Crippen molar-refractivity contribution in [1.29, 1.82) is 0 Å². The highest BCUT2D eigenvalue weighted by Crippen LogP contribution is 1.92. The highest BCUT2D eigenvalue weighted by Gasteiger charge is 2.12. The zero-order valence-electron chi connectivity index (χ0n) is 8.72. The van der Waals surface area contributed by atoms with Crippen molar-refractivity contribution in [2.24, 2.45) is 0 Å². The molecule has 0 heterocycles. The third kappa shape index (κ3) is 7.27. The van der Waals surface area contributed by atoms with Crippen LogP contribution in [0.1, 0.15) is 27.2 Å². The molecule has 5 nitrogen and oxygen atoms in total. The van der Waals surface area contributed by atoms with E-state index in [9.17, 15) is 14.4 Å².